The molecule has 0 radical (unpaired) electrons. The highest BCUT2D eigenvalue weighted by atomic mass is 16.5. The number of para-hydroxylation sites is 3. The quantitative estimate of drug-likeness (QED) is 0.326. The fraction of sp³-hybridized carbons (Fsp3) is 0.333. The van der Waals surface area contributed by atoms with Crippen molar-refractivity contribution in [2.45, 2.75) is 19.1 Å². The SMILES string of the molecule is C=CCOc1ccccc1OC(C)CNCC(O)COc1cccc(N)c1N. The van der Waals surface area contributed by atoms with Crippen molar-refractivity contribution in [1.82, 2.24) is 5.32 Å². The summed E-state index contributed by atoms with van der Waals surface area (Å²) in [5, 5.41) is 13.2. The van der Waals surface area contributed by atoms with Crippen molar-refractivity contribution >= 4 is 11.4 Å². The Morgan fingerprint density at radius 3 is 2.50 bits per heavy atom. The number of benzene rings is 2. The van der Waals surface area contributed by atoms with Crippen molar-refractivity contribution < 1.29 is 19.3 Å². The Labute approximate surface area is 165 Å². The minimum atomic E-state index is -0.698. The molecule has 0 spiro atoms. The van der Waals surface area contributed by atoms with Crippen LogP contribution in [0.15, 0.2) is 55.1 Å². The largest absolute Gasteiger partial charge is 0.489 e. The molecule has 2 rings (SSSR count). The zero-order valence-corrected chi connectivity index (χ0v) is 16.1. The average Bonchev–Trinajstić information content (AvgIpc) is 2.68. The Kier molecular flexibility index (Phi) is 8.45. The number of rotatable bonds is 12. The normalized spacial score (nSPS) is 12.8. The van der Waals surface area contributed by atoms with E-state index in [1.165, 1.54) is 0 Å². The average molecular weight is 387 g/mol. The maximum absolute atomic E-state index is 10.1. The lowest BCUT2D eigenvalue weighted by atomic mass is 10.2. The number of ether oxygens (including phenoxy) is 3. The first kappa shape index (κ1) is 21.4. The van der Waals surface area contributed by atoms with E-state index in [1.807, 2.05) is 31.2 Å². The van der Waals surface area contributed by atoms with Crippen molar-refractivity contribution in [3.8, 4) is 17.2 Å². The van der Waals surface area contributed by atoms with Crippen molar-refractivity contribution in [3.05, 3.63) is 55.1 Å². The molecule has 0 fully saturated rings. The van der Waals surface area contributed by atoms with E-state index in [0.29, 0.717) is 48.3 Å². The summed E-state index contributed by atoms with van der Waals surface area (Å²) < 4.78 is 17.0. The van der Waals surface area contributed by atoms with Crippen LogP contribution in [0, 0.1) is 0 Å². The van der Waals surface area contributed by atoms with Gasteiger partial charge < -0.3 is 36.1 Å². The van der Waals surface area contributed by atoms with Gasteiger partial charge >= 0.3 is 0 Å². The second-order valence-corrected chi connectivity index (χ2v) is 6.36. The van der Waals surface area contributed by atoms with Crippen molar-refractivity contribution in [2.24, 2.45) is 0 Å². The van der Waals surface area contributed by atoms with Crippen LogP contribution in [-0.4, -0.2) is 43.6 Å². The number of anilines is 2. The molecule has 7 nitrogen and oxygen atoms in total. The van der Waals surface area contributed by atoms with Gasteiger partial charge in [0.2, 0.25) is 0 Å². The van der Waals surface area contributed by atoms with Gasteiger partial charge in [0.25, 0.3) is 0 Å². The van der Waals surface area contributed by atoms with Crippen LogP contribution in [0.2, 0.25) is 0 Å². The second kappa shape index (κ2) is 11.1. The number of aliphatic hydroxyl groups is 1. The van der Waals surface area contributed by atoms with Gasteiger partial charge in [-0.1, -0.05) is 30.9 Å². The predicted octanol–water partition coefficient (Wildman–Crippen LogP) is 2.21. The highest BCUT2D eigenvalue weighted by Crippen LogP contribution is 2.28. The van der Waals surface area contributed by atoms with Gasteiger partial charge in [-0.15, -0.1) is 0 Å². The number of aliphatic hydroxyl groups excluding tert-OH is 1. The maximum atomic E-state index is 10.1. The molecular formula is C21H29N3O4. The molecule has 0 aliphatic heterocycles. The Balaban J connectivity index is 1.72. The molecule has 2 aromatic carbocycles. The van der Waals surface area contributed by atoms with Crippen LogP contribution in [-0.2, 0) is 0 Å². The molecule has 0 aliphatic carbocycles. The molecule has 2 unspecified atom stereocenters. The van der Waals surface area contributed by atoms with Crippen LogP contribution in [0.3, 0.4) is 0 Å². The summed E-state index contributed by atoms with van der Waals surface area (Å²) in [6.45, 7) is 7.00. The van der Waals surface area contributed by atoms with Gasteiger partial charge in [-0.25, -0.2) is 0 Å². The molecular weight excluding hydrogens is 358 g/mol. The first-order valence-electron chi connectivity index (χ1n) is 9.16. The molecule has 2 aromatic rings. The van der Waals surface area contributed by atoms with E-state index in [-0.39, 0.29) is 12.7 Å². The third-order valence-electron chi connectivity index (χ3n) is 3.88. The van der Waals surface area contributed by atoms with E-state index in [1.54, 1.807) is 24.3 Å². The van der Waals surface area contributed by atoms with Crippen LogP contribution >= 0.6 is 0 Å². The molecule has 0 saturated carbocycles. The van der Waals surface area contributed by atoms with Gasteiger partial charge in [-0.3, -0.25) is 0 Å². The van der Waals surface area contributed by atoms with E-state index in [2.05, 4.69) is 11.9 Å². The lowest BCUT2D eigenvalue weighted by molar-refractivity contribution is 0.103. The van der Waals surface area contributed by atoms with E-state index >= 15 is 0 Å². The zero-order valence-electron chi connectivity index (χ0n) is 16.1. The van der Waals surface area contributed by atoms with Crippen LogP contribution in [0.25, 0.3) is 0 Å². The van der Waals surface area contributed by atoms with Gasteiger partial charge in [-0.05, 0) is 31.2 Å². The van der Waals surface area contributed by atoms with E-state index in [9.17, 15) is 5.11 Å². The highest BCUT2D eigenvalue weighted by Gasteiger charge is 2.11. The number of nitrogen functional groups attached to an aromatic ring is 2. The Morgan fingerprint density at radius 2 is 1.75 bits per heavy atom. The molecule has 7 heteroatoms. The molecule has 0 heterocycles. The molecule has 2 atom stereocenters. The smallest absolute Gasteiger partial charge is 0.161 e. The summed E-state index contributed by atoms with van der Waals surface area (Å²) in [4.78, 5) is 0. The van der Waals surface area contributed by atoms with E-state index in [4.69, 9.17) is 25.7 Å². The summed E-state index contributed by atoms with van der Waals surface area (Å²) in [6, 6.07) is 12.6. The molecule has 28 heavy (non-hydrogen) atoms. The molecule has 0 saturated heterocycles. The van der Waals surface area contributed by atoms with Crippen molar-refractivity contribution in [1.29, 1.82) is 0 Å². The lowest BCUT2D eigenvalue weighted by Gasteiger charge is -2.19. The molecule has 6 N–H and O–H groups in total. The topological polar surface area (TPSA) is 112 Å². The predicted molar refractivity (Wildman–Crippen MR) is 112 cm³/mol. The zero-order chi connectivity index (χ0) is 20.4. The third-order valence-corrected chi connectivity index (χ3v) is 3.88. The second-order valence-electron chi connectivity index (χ2n) is 6.36. The third kappa shape index (κ3) is 6.68. The minimum absolute atomic E-state index is 0.105. The summed E-state index contributed by atoms with van der Waals surface area (Å²) in [5.74, 6) is 1.80. The number of hydrogen-bond donors (Lipinski definition) is 4. The van der Waals surface area contributed by atoms with Crippen LogP contribution in [0.4, 0.5) is 11.4 Å². The molecule has 0 aliphatic rings. The fourth-order valence-corrected chi connectivity index (χ4v) is 2.46. The summed E-state index contributed by atoms with van der Waals surface area (Å²) in [6.07, 6.45) is 0.866. The minimum Gasteiger partial charge on any atom is -0.489 e. The molecule has 0 aromatic heterocycles. The lowest BCUT2D eigenvalue weighted by Crippen LogP contribution is -2.36. The van der Waals surface area contributed by atoms with Gasteiger partial charge in [-0.2, -0.15) is 0 Å². The Morgan fingerprint density at radius 1 is 1.04 bits per heavy atom. The highest BCUT2D eigenvalue weighted by molar-refractivity contribution is 5.70. The number of nitrogens with two attached hydrogens (primary N) is 2. The van der Waals surface area contributed by atoms with Gasteiger partial charge in [0, 0.05) is 13.1 Å². The molecule has 152 valence electrons. The van der Waals surface area contributed by atoms with Gasteiger partial charge in [0.05, 0.1) is 11.4 Å². The van der Waals surface area contributed by atoms with Crippen molar-refractivity contribution in [3.63, 3.8) is 0 Å². The van der Waals surface area contributed by atoms with Crippen molar-refractivity contribution in [2.75, 3.05) is 37.8 Å². The number of hydrogen-bond acceptors (Lipinski definition) is 7. The van der Waals surface area contributed by atoms with E-state index in [0.717, 1.165) is 0 Å². The Hall–Kier alpha value is -2.90. The number of nitrogens with one attached hydrogen (secondary N) is 1. The van der Waals surface area contributed by atoms with Crippen LogP contribution in [0.1, 0.15) is 6.92 Å². The summed E-state index contributed by atoms with van der Waals surface area (Å²) >= 11 is 0. The standard InChI is InChI=1S/C21H29N3O4/c1-3-11-26-18-8-4-5-9-19(18)28-15(2)12-24-13-16(25)14-27-20-10-6-7-17(22)21(20)23/h3-10,15-16,24-25H,1,11-14,22-23H2,2H3. The van der Waals surface area contributed by atoms with Gasteiger partial charge in [0.15, 0.2) is 11.5 Å². The molecule has 0 bridgehead atoms. The molecule has 0 amide bonds. The van der Waals surface area contributed by atoms with Crippen LogP contribution in [0.5, 0.6) is 17.2 Å². The summed E-state index contributed by atoms with van der Waals surface area (Å²) in [5.41, 5.74) is 12.4. The van der Waals surface area contributed by atoms with Crippen LogP contribution < -0.4 is 31.0 Å². The summed E-state index contributed by atoms with van der Waals surface area (Å²) in [7, 11) is 0. The van der Waals surface area contributed by atoms with Gasteiger partial charge in [0.1, 0.15) is 31.2 Å². The first-order valence-corrected chi connectivity index (χ1v) is 9.16. The first-order chi connectivity index (χ1) is 13.5. The maximum Gasteiger partial charge on any atom is 0.161 e. The monoisotopic (exact) mass is 387 g/mol. The fourth-order valence-electron chi connectivity index (χ4n) is 2.46. The Bertz CT molecular complexity index is 754. The van der Waals surface area contributed by atoms with E-state index < -0.39 is 6.10 Å².